The normalized spacial score (nSPS) is 22.6. The van der Waals surface area contributed by atoms with Crippen molar-refractivity contribution in [1.29, 1.82) is 0 Å². The Balaban J connectivity index is 2.14. The average molecular weight is 199 g/mol. The first kappa shape index (κ1) is 11.5. The number of nitrogens with two attached hydrogens (primary N) is 1. The standard InChI is InChI=1S/C10H21N3O/c1-2-9-5-3-7-13(9)8-4-6-10(14)12-11/h9H,2-8,11H2,1H3,(H,12,14). The second-order valence-corrected chi connectivity index (χ2v) is 3.91. The maximum absolute atomic E-state index is 10.9. The van der Waals surface area contributed by atoms with Crippen LogP contribution in [0, 0.1) is 0 Å². The van der Waals surface area contributed by atoms with Crippen LogP contribution in [0.25, 0.3) is 0 Å². The molecule has 0 aromatic carbocycles. The van der Waals surface area contributed by atoms with Crippen LogP contribution in [-0.2, 0) is 4.79 Å². The van der Waals surface area contributed by atoms with Crippen molar-refractivity contribution in [3.8, 4) is 0 Å². The van der Waals surface area contributed by atoms with Gasteiger partial charge in [-0.3, -0.25) is 10.2 Å². The molecule has 1 aliphatic rings. The molecule has 4 heteroatoms. The Morgan fingerprint density at radius 1 is 1.64 bits per heavy atom. The van der Waals surface area contributed by atoms with E-state index in [4.69, 9.17) is 5.84 Å². The van der Waals surface area contributed by atoms with E-state index in [1.54, 1.807) is 0 Å². The molecule has 4 nitrogen and oxygen atoms in total. The number of likely N-dealkylation sites (tertiary alicyclic amines) is 1. The molecular weight excluding hydrogens is 178 g/mol. The minimum atomic E-state index is -0.0581. The molecule has 0 aromatic rings. The van der Waals surface area contributed by atoms with Gasteiger partial charge in [0.25, 0.3) is 0 Å². The van der Waals surface area contributed by atoms with Gasteiger partial charge < -0.3 is 4.90 Å². The predicted molar refractivity (Wildman–Crippen MR) is 56.5 cm³/mol. The van der Waals surface area contributed by atoms with Gasteiger partial charge in [0.15, 0.2) is 0 Å². The fourth-order valence-corrected chi connectivity index (χ4v) is 2.17. The topological polar surface area (TPSA) is 58.4 Å². The Morgan fingerprint density at radius 3 is 3.07 bits per heavy atom. The molecule has 82 valence electrons. The first-order chi connectivity index (χ1) is 6.77. The quantitative estimate of drug-likeness (QED) is 0.388. The van der Waals surface area contributed by atoms with Crippen molar-refractivity contribution in [3.63, 3.8) is 0 Å². The van der Waals surface area contributed by atoms with Crippen LogP contribution in [-0.4, -0.2) is 29.9 Å². The zero-order chi connectivity index (χ0) is 10.4. The van der Waals surface area contributed by atoms with E-state index in [1.807, 2.05) is 0 Å². The van der Waals surface area contributed by atoms with Crippen molar-refractivity contribution < 1.29 is 4.79 Å². The zero-order valence-corrected chi connectivity index (χ0v) is 8.96. The van der Waals surface area contributed by atoms with Crippen LogP contribution in [0.1, 0.15) is 39.0 Å². The molecule has 0 bridgehead atoms. The molecule has 0 radical (unpaired) electrons. The maximum atomic E-state index is 10.9. The second-order valence-electron chi connectivity index (χ2n) is 3.91. The zero-order valence-electron chi connectivity index (χ0n) is 8.96. The van der Waals surface area contributed by atoms with Crippen LogP contribution >= 0.6 is 0 Å². The van der Waals surface area contributed by atoms with Gasteiger partial charge in [0.1, 0.15) is 0 Å². The number of hydrazine groups is 1. The van der Waals surface area contributed by atoms with Crippen molar-refractivity contribution in [3.05, 3.63) is 0 Å². The van der Waals surface area contributed by atoms with Crippen LogP contribution in [0.15, 0.2) is 0 Å². The highest BCUT2D eigenvalue weighted by Gasteiger charge is 2.21. The molecule has 14 heavy (non-hydrogen) atoms. The number of rotatable bonds is 5. The number of carbonyl (C=O) groups excluding carboxylic acids is 1. The van der Waals surface area contributed by atoms with Crippen molar-refractivity contribution in [2.75, 3.05) is 13.1 Å². The first-order valence-electron chi connectivity index (χ1n) is 5.51. The molecule has 1 fully saturated rings. The first-order valence-corrected chi connectivity index (χ1v) is 5.51. The molecule has 1 saturated heterocycles. The SMILES string of the molecule is CCC1CCCN1CCCC(=O)NN. The summed E-state index contributed by atoms with van der Waals surface area (Å²) >= 11 is 0. The summed E-state index contributed by atoms with van der Waals surface area (Å²) in [6, 6.07) is 0.746. The summed E-state index contributed by atoms with van der Waals surface area (Å²) in [5.74, 6) is 4.95. The van der Waals surface area contributed by atoms with Crippen LogP contribution < -0.4 is 11.3 Å². The van der Waals surface area contributed by atoms with Crippen LogP contribution in [0.3, 0.4) is 0 Å². The minimum absolute atomic E-state index is 0.0581. The van der Waals surface area contributed by atoms with Gasteiger partial charge in [-0.05, 0) is 38.8 Å². The van der Waals surface area contributed by atoms with E-state index in [1.165, 1.54) is 25.8 Å². The highest BCUT2D eigenvalue weighted by atomic mass is 16.2. The lowest BCUT2D eigenvalue weighted by atomic mass is 10.1. The van der Waals surface area contributed by atoms with E-state index >= 15 is 0 Å². The summed E-state index contributed by atoms with van der Waals surface area (Å²) in [7, 11) is 0. The van der Waals surface area contributed by atoms with Gasteiger partial charge in [0.2, 0.25) is 5.91 Å². The number of nitrogens with zero attached hydrogens (tertiary/aromatic N) is 1. The fraction of sp³-hybridized carbons (Fsp3) is 0.900. The lowest BCUT2D eigenvalue weighted by molar-refractivity contribution is -0.121. The minimum Gasteiger partial charge on any atom is -0.300 e. The molecule has 0 spiro atoms. The summed E-state index contributed by atoms with van der Waals surface area (Å²) in [4.78, 5) is 13.4. The molecule has 0 saturated carbocycles. The molecule has 1 amide bonds. The third-order valence-corrected chi connectivity index (χ3v) is 2.98. The monoisotopic (exact) mass is 199 g/mol. The molecule has 1 rings (SSSR count). The van der Waals surface area contributed by atoms with Crippen molar-refractivity contribution in [2.45, 2.75) is 45.1 Å². The highest BCUT2D eigenvalue weighted by molar-refractivity contribution is 5.75. The summed E-state index contributed by atoms with van der Waals surface area (Å²) in [5, 5.41) is 0. The van der Waals surface area contributed by atoms with E-state index < -0.39 is 0 Å². The number of hydrogen-bond acceptors (Lipinski definition) is 3. The van der Waals surface area contributed by atoms with Crippen LogP contribution in [0.2, 0.25) is 0 Å². The number of carbonyl (C=O) groups is 1. The molecule has 1 unspecified atom stereocenters. The Labute approximate surface area is 85.8 Å². The van der Waals surface area contributed by atoms with Gasteiger partial charge in [-0.25, -0.2) is 5.84 Å². The van der Waals surface area contributed by atoms with Gasteiger partial charge in [0.05, 0.1) is 0 Å². The van der Waals surface area contributed by atoms with Gasteiger partial charge in [-0.2, -0.15) is 0 Å². The van der Waals surface area contributed by atoms with Crippen molar-refractivity contribution >= 4 is 5.91 Å². The largest absolute Gasteiger partial charge is 0.300 e. The van der Waals surface area contributed by atoms with E-state index in [0.717, 1.165) is 19.0 Å². The van der Waals surface area contributed by atoms with Gasteiger partial charge in [-0.15, -0.1) is 0 Å². The van der Waals surface area contributed by atoms with E-state index in [-0.39, 0.29) is 5.91 Å². The Hall–Kier alpha value is -0.610. The highest BCUT2D eigenvalue weighted by Crippen LogP contribution is 2.19. The summed E-state index contributed by atoms with van der Waals surface area (Å²) < 4.78 is 0. The van der Waals surface area contributed by atoms with E-state index in [9.17, 15) is 4.79 Å². The molecule has 1 aliphatic heterocycles. The van der Waals surface area contributed by atoms with Crippen LogP contribution in [0.5, 0.6) is 0 Å². The maximum Gasteiger partial charge on any atom is 0.233 e. The van der Waals surface area contributed by atoms with Crippen molar-refractivity contribution in [1.82, 2.24) is 10.3 Å². The number of hydrogen-bond donors (Lipinski definition) is 2. The molecule has 3 N–H and O–H groups in total. The lowest BCUT2D eigenvalue weighted by Gasteiger charge is -2.22. The molecule has 1 heterocycles. The predicted octanol–water partition coefficient (Wildman–Crippen LogP) is 0.631. The molecule has 1 atom stereocenters. The number of nitrogens with one attached hydrogen (secondary N) is 1. The lowest BCUT2D eigenvalue weighted by Crippen LogP contribution is -2.33. The van der Waals surface area contributed by atoms with Gasteiger partial charge in [-0.1, -0.05) is 6.92 Å². The molecule has 0 aromatic heterocycles. The fourth-order valence-electron chi connectivity index (χ4n) is 2.17. The Morgan fingerprint density at radius 2 is 2.43 bits per heavy atom. The second kappa shape index (κ2) is 5.98. The molecular formula is C10H21N3O. The summed E-state index contributed by atoms with van der Waals surface area (Å²) in [6.07, 6.45) is 5.31. The smallest absolute Gasteiger partial charge is 0.233 e. The van der Waals surface area contributed by atoms with E-state index in [2.05, 4.69) is 17.2 Å². The van der Waals surface area contributed by atoms with Crippen molar-refractivity contribution in [2.24, 2.45) is 5.84 Å². The average Bonchev–Trinajstić information content (AvgIpc) is 2.65. The van der Waals surface area contributed by atoms with Gasteiger partial charge >= 0.3 is 0 Å². The Kier molecular flexibility index (Phi) is 4.90. The third kappa shape index (κ3) is 3.27. The Bertz CT molecular complexity index is 184. The molecule has 0 aliphatic carbocycles. The van der Waals surface area contributed by atoms with Crippen LogP contribution in [0.4, 0.5) is 0 Å². The summed E-state index contributed by atoms with van der Waals surface area (Å²) in [6.45, 7) is 4.46. The van der Waals surface area contributed by atoms with Gasteiger partial charge in [0, 0.05) is 12.5 Å². The third-order valence-electron chi connectivity index (χ3n) is 2.98. The summed E-state index contributed by atoms with van der Waals surface area (Å²) in [5.41, 5.74) is 2.16. The van der Waals surface area contributed by atoms with E-state index in [0.29, 0.717) is 6.42 Å². The number of amides is 1.